The molecule has 1 aromatic carbocycles. The SMILES string of the molecule is OCc1cn(C(CO)c2ccccc2)cn1. The highest BCUT2D eigenvalue weighted by molar-refractivity contribution is 5.20. The minimum absolute atomic E-state index is 0.00520. The predicted molar refractivity (Wildman–Crippen MR) is 59.8 cm³/mol. The van der Waals surface area contributed by atoms with E-state index in [1.165, 1.54) is 0 Å². The lowest BCUT2D eigenvalue weighted by Crippen LogP contribution is -2.12. The van der Waals surface area contributed by atoms with Gasteiger partial charge in [-0.25, -0.2) is 4.98 Å². The van der Waals surface area contributed by atoms with Gasteiger partial charge in [-0.3, -0.25) is 0 Å². The topological polar surface area (TPSA) is 58.3 Å². The Hall–Kier alpha value is -1.65. The number of hydrogen-bond donors (Lipinski definition) is 2. The number of aromatic nitrogens is 2. The van der Waals surface area contributed by atoms with Crippen molar-refractivity contribution in [1.82, 2.24) is 9.55 Å². The molecule has 84 valence electrons. The van der Waals surface area contributed by atoms with Crippen LogP contribution in [-0.2, 0) is 6.61 Å². The maximum atomic E-state index is 9.40. The van der Waals surface area contributed by atoms with Gasteiger partial charge in [-0.1, -0.05) is 30.3 Å². The van der Waals surface area contributed by atoms with Crippen LogP contribution in [0.2, 0.25) is 0 Å². The second-order valence-corrected chi connectivity index (χ2v) is 3.58. The van der Waals surface area contributed by atoms with Crippen LogP contribution < -0.4 is 0 Å². The van der Waals surface area contributed by atoms with Gasteiger partial charge < -0.3 is 14.8 Å². The van der Waals surface area contributed by atoms with E-state index in [1.54, 1.807) is 17.1 Å². The van der Waals surface area contributed by atoms with Gasteiger partial charge in [-0.2, -0.15) is 0 Å². The number of benzene rings is 1. The van der Waals surface area contributed by atoms with Crippen LogP contribution in [-0.4, -0.2) is 26.4 Å². The van der Waals surface area contributed by atoms with Crippen molar-refractivity contribution >= 4 is 0 Å². The smallest absolute Gasteiger partial charge is 0.0957 e. The van der Waals surface area contributed by atoms with Crippen LogP contribution in [0.1, 0.15) is 17.3 Å². The van der Waals surface area contributed by atoms with Gasteiger partial charge in [0.2, 0.25) is 0 Å². The summed E-state index contributed by atoms with van der Waals surface area (Å²) in [6.45, 7) is -0.0782. The maximum absolute atomic E-state index is 9.40. The van der Waals surface area contributed by atoms with Crippen LogP contribution in [0.4, 0.5) is 0 Å². The van der Waals surface area contributed by atoms with Gasteiger partial charge >= 0.3 is 0 Å². The summed E-state index contributed by atoms with van der Waals surface area (Å²) in [5, 5.41) is 18.3. The quantitative estimate of drug-likeness (QED) is 0.803. The van der Waals surface area contributed by atoms with Crippen LogP contribution in [0.25, 0.3) is 0 Å². The Bertz CT molecular complexity index is 439. The van der Waals surface area contributed by atoms with Crippen LogP contribution in [0, 0.1) is 0 Å². The van der Waals surface area contributed by atoms with Crippen molar-refractivity contribution in [2.45, 2.75) is 12.6 Å². The lowest BCUT2D eigenvalue weighted by Gasteiger charge is -2.15. The summed E-state index contributed by atoms with van der Waals surface area (Å²) >= 11 is 0. The van der Waals surface area contributed by atoms with Crippen molar-refractivity contribution in [2.75, 3.05) is 6.61 Å². The molecule has 16 heavy (non-hydrogen) atoms. The van der Waals surface area contributed by atoms with Crippen molar-refractivity contribution in [3.8, 4) is 0 Å². The summed E-state index contributed by atoms with van der Waals surface area (Å²) < 4.78 is 1.81. The van der Waals surface area contributed by atoms with Gasteiger partial charge in [0, 0.05) is 6.20 Å². The third-order valence-electron chi connectivity index (χ3n) is 2.53. The first-order valence-electron chi connectivity index (χ1n) is 5.14. The van der Waals surface area contributed by atoms with E-state index in [4.69, 9.17) is 5.11 Å². The Morgan fingerprint density at radius 1 is 1.19 bits per heavy atom. The molecule has 0 saturated carbocycles. The Morgan fingerprint density at radius 3 is 2.50 bits per heavy atom. The van der Waals surface area contributed by atoms with Gasteiger partial charge in [-0.05, 0) is 5.56 Å². The van der Waals surface area contributed by atoms with Crippen LogP contribution >= 0.6 is 0 Å². The summed E-state index contributed by atoms with van der Waals surface area (Å²) in [4.78, 5) is 4.03. The molecule has 2 N–H and O–H groups in total. The zero-order chi connectivity index (χ0) is 11.4. The Kier molecular flexibility index (Phi) is 3.34. The molecule has 2 aromatic rings. The maximum Gasteiger partial charge on any atom is 0.0957 e. The minimum atomic E-state index is -0.144. The van der Waals surface area contributed by atoms with Crippen molar-refractivity contribution in [1.29, 1.82) is 0 Å². The first-order valence-corrected chi connectivity index (χ1v) is 5.14. The van der Waals surface area contributed by atoms with E-state index in [9.17, 15) is 5.11 Å². The summed E-state index contributed by atoms with van der Waals surface area (Å²) in [5.41, 5.74) is 1.63. The summed E-state index contributed by atoms with van der Waals surface area (Å²) in [5.74, 6) is 0. The van der Waals surface area contributed by atoms with Crippen molar-refractivity contribution in [3.63, 3.8) is 0 Å². The molecule has 0 spiro atoms. The van der Waals surface area contributed by atoms with E-state index in [0.29, 0.717) is 5.69 Å². The van der Waals surface area contributed by atoms with E-state index in [-0.39, 0.29) is 19.3 Å². The second-order valence-electron chi connectivity index (χ2n) is 3.58. The van der Waals surface area contributed by atoms with Crippen LogP contribution in [0.3, 0.4) is 0 Å². The van der Waals surface area contributed by atoms with Gasteiger partial charge in [0.05, 0.1) is 31.3 Å². The number of aliphatic hydroxyl groups is 2. The van der Waals surface area contributed by atoms with E-state index in [1.807, 2.05) is 30.3 Å². The fourth-order valence-corrected chi connectivity index (χ4v) is 1.68. The average molecular weight is 218 g/mol. The van der Waals surface area contributed by atoms with Gasteiger partial charge in [0.15, 0.2) is 0 Å². The monoisotopic (exact) mass is 218 g/mol. The highest BCUT2D eigenvalue weighted by Crippen LogP contribution is 2.17. The van der Waals surface area contributed by atoms with Gasteiger partial charge in [-0.15, -0.1) is 0 Å². The largest absolute Gasteiger partial charge is 0.394 e. The molecule has 1 atom stereocenters. The fraction of sp³-hybridized carbons (Fsp3) is 0.250. The molecule has 0 aliphatic rings. The highest BCUT2D eigenvalue weighted by Gasteiger charge is 2.12. The first kappa shape index (κ1) is 10.9. The van der Waals surface area contributed by atoms with Crippen molar-refractivity contribution in [2.24, 2.45) is 0 Å². The highest BCUT2D eigenvalue weighted by atomic mass is 16.3. The number of hydrogen-bond acceptors (Lipinski definition) is 3. The number of imidazole rings is 1. The normalized spacial score (nSPS) is 12.6. The van der Waals surface area contributed by atoms with Crippen molar-refractivity contribution < 1.29 is 10.2 Å². The van der Waals surface area contributed by atoms with Crippen LogP contribution in [0.15, 0.2) is 42.9 Å². The fourth-order valence-electron chi connectivity index (χ4n) is 1.68. The molecule has 2 rings (SSSR count). The molecule has 4 nitrogen and oxygen atoms in total. The summed E-state index contributed by atoms with van der Waals surface area (Å²) in [6, 6.07) is 9.57. The van der Waals surface area contributed by atoms with Gasteiger partial charge in [0.25, 0.3) is 0 Å². The molecule has 0 bridgehead atoms. The second kappa shape index (κ2) is 4.92. The lowest BCUT2D eigenvalue weighted by atomic mass is 10.1. The molecule has 0 aliphatic carbocycles. The zero-order valence-corrected chi connectivity index (χ0v) is 8.82. The molecule has 0 radical (unpaired) electrons. The lowest BCUT2D eigenvalue weighted by molar-refractivity contribution is 0.248. The standard InChI is InChI=1S/C12H14N2O2/c15-7-11-6-14(9-13-11)12(8-16)10-4-2-1-3-5-10/h1-6,9,12,15-16H,7-8H2. The van der Waals surface area contributed by atoms with E-state index in [0.717, 1.165) is 5.56 Å². The number of rotatable bonds is 4. The van der Waals surface area contributed by atoms with Gasteiger partial charge in [0.1, 0.15) is 0 Å². The Labute approximate surface area is 93.8 Å². The molecule has 0 amide bonds. The Morgan fingerprint density at radius 2 is 1.94 bits per heavy atom. The average Bonchev–Trinajstić information content (AvgIpc) is 2.80. The molecular weight excluding hydrogens is 204 g/mol. The predicted octanol–water partition coefficient (Wildman–Crippen LogP) is 0.957. The minimum Gasteiger partial charge on any atom is -0.394 e. The first-order chi connectivity index (χ1) is 7.85. The molecule has 0 fully saturated rings. The molecule has 0 aliphatic heterocycles. The third-order valence-corrected chi connectivity index (χ3v) is 2.53. The zero-order valence-electron chi connectivity index (χ0n) is 8.82. The molecular formula is C12H14N2O2. The molecule has 4 heteroatoms. The summed E-state index contributed by atoms with van der Waals surface area (Å²) in [6.07, 6.45) is 3.37. The Balaban J connectivity index is 2.29. The number of aliphatic hydroxyl groups excluding tert-OH is 2. The van der Waals surface area contributed by atoms with E-state index >= 15 is 0 Å². The van der Waals surface area contributed by atoms with E-state index < -0.39 is 0 Å². The number of nitrogens with zero attached hydrogens (tertiary/aromatic N) is 2. The molecule has 1 heterocycles. The van der Waals surface area contributed by atoms with Crippen molar-refractivity contribution in [3.05, 3.63) is 54.1 Å². The molecule has 1 aromatic heterocycles. The summed E-state index contributed by atoms with van der Waals surface area (Å²) in [7, 11) is 0. The van der Waals surface area contributed by atoms with E-state index in [2.05, 4.69) is 4.98 Å². The molecule has 0 saturated heterocycles. The van der Waals surface area contributed by atoms with Crippen LogP contribution in [0.5, 0.6) is 0 Å². The molecule has 1 unspecified atom stereocenters. The third kappa shape index (κ3) is 2.13.